The van der Waals surface area contributed by atoms with Gasteiger partial charge in [0.25, 0.3) is 0 Å². The van der Waals surface area contributed by atoms with Gasteiger partial charge in [0, 0.05) is 5.92 Å². The first kappa shape index (κ1) is 12.9. The molecule has 0 unspecified atom stereocenters. The standard InChI is InChI=1S/C18H24O/c1-2-14-8-10-15(11-9-14)17(19)18(12-13-18)16-6-4-3-5-7-16/h3-7,14-15H,2,8-13H2,1H3. The molecule has 1 nitrogen and oxygen atoms in total. The molecular weight excluding hydrogens is 232 g/mol. The normalized spacial score (nSPS) is 28.9. The molecule has 0 amide bonds. The second-order valence-electron chi connectivity index (χ2n) is 6.44. The molecule has 0 N–H and O–H groups in total. The third-order valence-electron chi connectivity index (χ3n) is 5.34. The lowest BCUT2D eigenvalue weighted by molar-refractivity contribution is -0.126. The molecule has 1 aromatic rings. The van der Waals surface area contributed by atoms with E-state index in [0.717, 1.165) is 31.6 Å². The summed E-state index contributed by atoms with van der Waals surface area (Å²) in [5.74, 6) is 1.76. The van der Waals surface area contributed by atoms with E-state index >= 15 is 0 Å². The van der Waals surface area contributed by atoms with Crippen molar-refractivity contribution in [2.75, 3.05) is 0 Å². The number of carbonyl (C=O) groups excluding carboxylic acids is 1. The molecule has 1 heteroatoms. The monoisotopic (exact) mass is 256 g/mol. The lowest BCUT2D eigenvalue weighted by Gasteiger charge is -2.29. The molecule has 1 aromatic carbocycles. The number of Topliss-reactive ketones (excluding diaryl/α,β-unsaturated/α-hetero) is 1. The van der Waals surface area contributed by atoms with Gasteiger partial charge >= 0.3 is 0 Å². The molecule has 0 radical (unpaired) electrons. The van der Waals surface area contributed by atoms with Crippen LogP contribution in [0.15, 0.2) is 30.3 Å². The number of hydrogen-bond acceptors (Lipinski definition) is 1. The van der Waals surface area contributed by atoms with Crippen LogP contribution in [0.5, 0.6) is 0 Å². The number of ketones is 1. The van der Waals surface area contributed by atoms with Crippen molar-refractivity contribution in [2.24, 2.45) is 11.8 Å². The van der Waals surface area contributed by atoms with E-state index in [9.17, 15) is 4.79 Å². The minimum Gasteiger partial charge on any atom is -0.298 e. The van der Waals surface area contributed by atoms with Gasteiger partial charge < -0.3 is 0 Å². The first-order valence-corrected chi connectivity index (χ1v) is 7.86. The highest BCUT2D eigenvalue weighted by Crippen LogP contribution is 2.52. The van der Waals surface area contributed by atoms with Crippen molar-refractivity contribution in [2.45, 2.75) is 57.3 Å². The molecule has 0 atom stereocenters. The molecule has 102 valence electrons. The van der Waals surface area contributed by atoms with E-state index < -0.39 is 0 Å². The van der Waals surface area contributed by atoms with Crippen LogP contribution in [0.1, 0.15) is 57.4 Å². The summed E-state index contributed by atoms with van der Waals surface area (Å²) >= 11 is 0. The molecule has 0 spiro atoms. The molecular formula is C18H24O. The molecule has 0 heterocycles. The summed E-state index contributed by atoms with van der Waals surface area (Å²) in [6.45, 7) is 2.28. The quantitative estimate of drug-likeness (QED) is 0.775. The van der Waals surface area contributed by atoms with E-state index in [2.05, 4.69) is 31.2 Å². The van der Waals surface area contributed by atoms with Crippen LogP contribution in [0, 0.1) is 11.8 Å². The van der Waals surface area contributed by atoms with Gasteiger partial charge in [-0.15, -0.1) is 0 Å². The summed E-state index contributed by atoms with van der Waals surface area (Å²) in [5.41, 5.74) is 1.17. The van der Waals surface area contributed by atoms with E-state index in [0.29, 0.717) is 11.7 Å². The first-order chi connectivity index (χ1) is 9.26. The van der Waals surface area contributed by atoms with Gasteiger partial charge in [0.05, 0.1) is 5.41 Å². The largest absolute Gasteiger partial charge is 0.298 e. The molecule has 2 saturated carbocycles. The Bertz CT molecular complexity index is 436. The summed E-state index contributed by atoms with van der Waals surface area (Å²) in [6.07, 6.45) is 8.21. The second-order valence-corrected chi connectivity index (χ2v) is 6.44. The van der Waals surface area contributed by atoms with Crippen molar-refractivity contribution in [1.29, 1.82) is 0 Å². The van der Waals surface area contributed by atoms with Crippen molar-refractivity contribution in [3.8, 4) is 0 Å². The van der Waals surface area contributed by atoms with Gasteiger partial charge in [0.15, 0.2) is 0 Å². The summed E-state index contributed by atoms with van der Waals surface area (Å²) < 4.78 is 0. The average molecular weight is 256 g/mol. The van der Waals surface area contributed by atoms with E-state index in [4.69, 9.17) is 0 Å². The van der Waals surface area contributed by atoms with Crippen molar-refractivity contribution in [1.82, 2.24) is 0 Å². The fourth-order valence-electron chi connectivity index (χ4n) is 3.78. The number of benzene rings is 1. The Balaban J connectivity index is 1.71. The van der Waals surface area contributed by atoms with Crippen LogP contribution >= 0.6 is 0 Å². The molecule has 3 rings (SSSR count). The lowest BCUT2D eigenvalue weighted by atomic mass is 9.74. The zero-order valence-corrected chi connectivity index (χ0v) is 11.9. The van der Waals surface area contributed by atoms with E-state index in [1.807, 2.05) is 6.07 Å². The molecule has 19 heavy (non-hydrogen) atoms. The van der Waals surface area contributed by atoms with Crippen LogP contribution in [0.4, 0.5) is 0 Å². The van der Waals surface area contributed by atoms with Crippen molar-refractivity contribution < 1.29 is 4.79 Å². The summed E-state index contributed by atoms with van der Waals surface area (Å²) in [6, 6.07) is 10.5. The summed E-state index contributed by atoms with van der Waals surface area (Å²) in [4.78, 5) is 12.9. The average Bonchev–Trinajstić information content (AvgIpc) is 3.29. The summed E-state index contributed by atoms with van der Waals surface area (Å²) in [5, 5.41) is 0. The third kappa shape index (κ3) is 2.35. The maximum absolute atomic E-state index is 12.9. The Hall–Kier alpha value is -1.11. The fourth-order valence-corrected chi connectivity index (χ4v) is 3.78. The highest BCUT2D eigenvalue weighted by atomic mass is 16.1. The van der Waals surface area contributed by atoms with Crippen molar-refractivity contribution >= 4 is 5.78 Å². The number of hydrogen-bond donors (Lipinski definition) is 0. The molecule has 0 saturated heterocycles. The van der Waals surface area contributed by atoms with Crippen molar-refractivity contribution in [3.05, 3.63) is 35.9 Å². The molecule has 0 aromatic heterocycles. The van der Waals surface area contributed by atoms with Crippen LogP contribution in [0.2, 0.25) is 0 Å². The number of rotatable bonds is 4. The van der Waals surface area contributed by atoms with Gasteiger partial charge in [-0.3, -0.25) is 4.79 Å². The van der Waals surface area contributed by atoms with Gasteiger partial charge in [0.2, 0.25) is 0 Å². The SMILES string of the molecule is CCC1CCC(C(=O)C2(c3ccccc3)CC2)CC1. The molecule has 0 bridgehead atoms. The lowest BCUT2D eigenvalue weighted by Crippen LogP contribution is -2.31. The molecule has 2 aliphatic carbocycles. The highest BCUT2D eigenvalue weighted by Gasteiger charge is 2.52. The summed E-state index contributed by atoms with van der Waals surface area (Å²) in [7, 11) is 0. The van der Waals surface area contributed by atoms with E-state index in [1.165, 1.54) is 24.8 Å². The van der Waals surface area contributed by atoms with Crippen molar-refractivity contribution in [3.63, 3.8) is 0 Å². The Labute approximate surface area is 116 Å². The van der Waals surface area contributed by atoms with Gasteiger partial charge in [-0.2, -0.15) is 0 Å². The molecule has 0 aliphatic heterocycles. The molecule has 2 fully saturated rings. The predicted octanol–water partition coefficient (Wildman–Crippen LogP) is 4.50. The van der Waals surface area contributed by atoms with Crippen LogP contribution < -0.4 is 0 Å². The Morgan fingerprint density at radius 2 is 1.74 bits per heavy atom. The number of carbonyl (C=O) groups is 1. The van der Waals surface area contributed by atoms with Crippen LogP contribution in [0.3, 0.4) is 0 Å². The zero-order chi connectivity index (χ0) is 13.3. The predicted molar refractivity (Wildman–Crippen MR) is 78.1 cm³/mol. The smallest absolute Gasteiger partial charge is 0.146 e. The topological polar surface area (TPSA) is 17.1 Å². The Kier molecular flexibility index (Phi) is 3.47. The van der Waals surface area contributed by atoms with Crippen LogP contribution in [0.25, 0.3) is 0 Å². The van der Waals surface area contributed by atoms with Crippen LogP contribution in [-0.2, 0) is 10.2 Å². The molecule has 2 aliphatic rings. The van der Waals surface area contributed by atoms with Gasteiger partial charge in [-0.05, 0) is 50.0 Å². The van der Waals surface area contributed by atoms with Gasteiger partial charge in [-0.1, -0.05) is 43.7 Å². The Morgan fingerprint density at radius 3 is 2.26 bits per heavy atom. The van der Waals surface area contributed by atoms with Gasteiger partial charge in [-0.25, -0.2) is 0 Å². The minimum atomic E-state index is -0.0923. The van der Waals surface area contributed by atoms with Gasteiger partial charge in [0.1, 0.15) is 5.78 Å². The fraction of sp³-hybridized carbons (Fsp3) is 0.611. The minimum absolute atomic E-state index is 0.0923. The third-order valence-corrected chi connectivity index (χ3v) is 5.34. The van der Waals surface area contributed by atoms with E-state index in [-0.39, 0.29) is 5.41 Å². The first-order valence-electron chi connectivity index (χ1n) is 7.86. The Morgan fingerprint density at radius 1 is 1.11 bits per heavy atom. The second kappa shape index (κ2) is 5.11. The van der Waals surface area contributed by atoms with E-state index in [1.54, 1.807) is 0 Å². The highest BCUT2D eigenvalue weighted by molar-refractivity contribution is 5.94. The maximum atomic E-state index is 12.9. The maximum Gasteiger partial charge on any atom is 0.146 e. The zero-order valence-electron chi connectivity index (χ0n) is 11.9. The van der Waals surface area contributed by atoms with Crippen LogP contribution in [-0.4, -0.2) is 5.78 Å².